The number of para-hydroxylation sites is 3. The Labute approximate surface area is 157 Å². The lowest BCUT2D eigenvalue weighted by molar-refractivity contribution is 0.711. The summed E-state index contributed by atoms with van der Waals surface area (Å²) in [5, 5.41) is 10.3. The van der Waals surface area contributed by atoms with E-state index >= 15 is 0 Å². The fraction of sp³-hybridized carbons (Fsp3) is 0.250. The molecule has 2 aromatic carbocycles. The van der Waals surface area contributed by atoms with E-state index in [0.717, 1.165) is 33.5 Å². The van der Waals surface area contributed by atoms with Crippen LogP contribution in [0.4, 0.5) is 0 Å². The lowest BCUT2D eigenvalue weighted by Crippen LogP contribution is -2.10. The lowest BCUT2D eigenvalue weighted by atomic mass is 10.3. The lowest BCUT2D eigenvalue weighted by Gasteiger charge is -2.12. The van der Waals surface area contributed by atoms with Crippen molar-refractivity contribution in [2.45, 2.75) is 37.7 Å². The Hall–Kier alpha value is -2.60. The summed E-state index contributed by atoms with van der Waals surface area (Å²) in [4.78, 5) is 4.67. The van der Waals surface area contributed by atoms with Gasteiger partial charge in [0.1, 0.15) is 5.82 Å². The van der Waals surface area contributed by atoms with E-state index in [0.29, 0.717) is 11.8 Å². The summed E-state index contributed by atoms with van der Waals surface area (Å²) in [6.07, 6.45) is 0. The third kappa shape index (κ3) is 3.12. The molecule has 26 heavy (non-hydrogen) atoms. The molecule has 6 heteroatoms. The van der Waals surface area contributed by atoms with Crippen LogP contribution in [0.25, 0.3) is 16.7 Å². The van der Waals surface area contributed by atoms with Gasteiger partial charge in [-0.3, -0.25) is 4.57 Å². The first-order chi connectivity index (χ1) is 12.6. The number of thioether (sulfide) groups is 1. The van der Waals surface area contributed by atoms with E-state index in [-0.39, 0.29) is 0 Å². The van der Waals surface area contributed by atoms with Gasteiger partial charge in [0.25, 0.3) is 0 Å². The molecule has 0 radical (unpaired) electrons. The van der Waals surface area contributed by atoms with Gasteiger partial charge in [-0.25, -0.2) is 4.98 Å². The molecular formula is C20H21N5S. The van der Waals surface area contributed by atoms with Crippen LogP contribution in [0.1, 0.15) is 25.5 Å². The number of hydrogen-bond donors (Lipinski definition) is 0. The minimum Gasteiger partial charge on any atom is -0.320 e. The molecule has 0 unspecified atom stereocenters. The number of aryl methyl sites for hydroxylation is 1. The second kappa shape index (κ2) is 6.96. The van der Waals surface area contributed by atoms with Gasteiger partial charge in [0, 0.05) is 10.9 Å². The molecule has 4 rings (SSSR count). The molecule has 5 nitrogen and oxygen atoms in total. The van der Waals surface area contributed by atoms with Gasteiger partial charge in [0.05, 0.1) is 17.6 Å². The van der Waals surface area contributed by atoms with E-state index < -0.39 is 0 Å². The monoisotopic (exact) mass is 363 g/mol. The Kier molecular flexibility index (Phi) is 4.51. The highest BCUT2D eigenvalue weighted by atomic mass is 32.2. The van der Waals surface area contributed by atoms with Crippen molar-refractivity contribution in [1.29, 1.82) is 0 Å². The van der Waals surface area contributed by atoms with Crippen molar-refractivity contribution >= 4 is 22.8 Å². The van der Waals surface area contributed by atoms with E-state index in [1.165, 1.54) is 0 Å². The molecule has 0 aliphatic carbocycles. The van der Waals surface area contributed by atoms with Gasteiger partial charge in [0.2, 0.25) is 0 Å². The van der Waals surface area contributed by atoms with E-state index in [4.69, 9.17) is 0 Å². The molecule has 0 bridgehead atoms. The van der Waals surface area contributed by atoms with Gasteiger partial charge in [-0.1, -0.05) is 55.9 Å². The van der Waals surface area contributed by atoms with E-state index in [9.17, 15) is 0 Å². The van der Waals surface area contributed by atoms with Crippen LogP contribution in [0.2, 0.25) is 0 Å². The maximum absolute atomic E-state index is 4.67. The van der Waals surface area contributed by atoms with Crippen molar-refractivity contribution in [3.63, 3.8) is 0 Å². The van der Waals surface area contributed by atoms with Crippen LogP contribution in [-0.2, 0) is 6.54 Å². The van der Waals surface area contributed by atoms with E-state index in [1.807, 2.05) is 43.3 Å². The molecule has 0 aliphatic heterocycles. The number of hydrogen-bond acceptors (Lipinski definition) is 4. The first-order valence-corrected chi connectivity index (χ1v) is 9.59. The molecule has 0 saturated heterocycles. The quantitative estimate of drug-likeness (QED) is 0.491. The van der Waals surface area contributed by atoms with Crippen LogP contribution in [0.3, 0.4) is 0 Å². The third-order valence-corrected chi connectivity index (χ3v) is 5.15. The summed E-state index contributed by atoms with van der Waals surface area (Å²) < 4.78 is 4.35. The van der Waals surface area contributed by atoms with Gasteiger partial charge >= 0.3 is 0 Å². The molecule has 0 spiro atoms. The predicted molar refractivity (Wildman–Crippen MR) is 106 cm³/mol. The molecule has 0 N–H and O–H groups in total. The summed E-state index contributed by atoms with van der Waals surface area (Å²) in [5.41, 5.74) is 3.20. The van der Waals surface area contributed by atoms with Crippen molar-refractivity contribution in [2.24, 2.45) is 0 Å². The van der Waals surface area contributed by atoms with Crippen molar-refractivity contribution in [3.8, 4) is 5.69 Å². The minimum atomic E-state index is 0.435. The second-order valence-electron chi connectivity index (χ2n) is 6.47. The number of fused-ring (bicyclic) bond motifs is 1. The van der Waals surface area contributed by atoms with Crippen LogP contribution in [-0.4, -0.2) is 29.6 Å². The zero-order valence-electron chi connectivity index (χ0n) is 15.1. The Morgan fingerprint density at radius 1 is 0.962 bits per heavy atom. The first kappa shape index (κ1) is 16.8. The molecule has 0 amide bonds. The fourth-order valence-electron chi connectivity index (χ4n) is 3.06. The molecule has 132 valence electrons. The number of benzene rings is 2. The van der Waals surface area contributed by atoms with Crippen molar-refractivity contribution < 1.29 is 0 Å². The van der Waals surface area contributed by atoms with Crippen molar-refractivity contribution in [1.82, 2.24) is 24.3 Å². The van der Waals surface area contributed by atoms with Crippen molar-refractivity contribution in [2.75, 3.05) is 0 Å². The van der Waals surface area contributed by atoms with Gasteiger partial charge in [-0.15, -0.1) is 10.2 Å². The number of nitrogens with zero attached hydrogens (tertiary/aromatic N) is 5. The molecule has 0 aliphatic rings. The molecule has 0 atom stereocenters. The summed E-state index contributed by atoms with van der Waals surface area (Å²) in [6, 6.07) is 18.5. The topological polar surface area (TPSA) is 48.5 Å². The molecule has 2 heterocycles. The first-order valence-electron chi connectivity index (χ1n) is 8.71. The Morgan fingerprint density at radius 3 is 2.46 bits per heavy atom. The standard InChI is InChI=1S/C20H21N5S/c1-14(2)26-20-23-22-19(25(20)16-9-5-4-6-10-16)13-24-15(3)21-17-11-7-8-12-18(17)24/h4-12,14H,13H2,1-3H3. The number of rotatable bonds is 5. The van der Waals surface area contributed by atoms with Crippen LogP contribution in [0.5, 0.6) is 0 Å². The highest BCUT2D eigenvalue weighted by molar-refractivity contribution is 7.99. The average Bonchev–Trinajstić information content (AvgIpc) is 3.16. The zero-order chi connectivity index (χ0) is 18.1. The molecule has 2 aromatic heterocycles. The molecular weight excluding hydrogens is 342 g/mol. The van der Waals surface area contributed by atoms with Gasteiger partial charge in [0.15, 0.2) is 11.0 Å². The highest BCUT2D eigenvalue weighted by Gasteiger charge is 2.17. The highest BCUT2D eigenvalue weighted by Crippen LogP contribution is 2.26. The maximum atomic E-state index is 4.67. The fourth-order valence-corrected chi connectivity index (χ4v) is 3.89. The smallest absolute Gasteiger partial charge is 0.196 e. The number of aromatic nitrogens is 5. The SMILES string of the molecule is Cc1nc2ccccc2n1Cc1nnc(SC(C)C)n1-c1ccccc1. The zero-order valence-corrected chi connectivity index (χ0v) is 15.9. The predicted octanol–water partition coefficient (Wildman–Crippen LogP) is 4.47. The third-order valence-electron chi connectivity index (χ3n) is 4.20. The van der Waals surface area contributed by atoms with Gasteiger partial charge in [-0.2, -0.15) is 0 Å². The minimum absolute atomic E-state index is 0.435. The maximum Gasteiger partial charge on any atom is 0.196 e. The van der Waals surface area contributed by atoms with Crippen LogP contribution in [0.15, 0.2) is 59.8 Å². The largest absolute Gasteiger partial charge is 0.320 e. The van der Waals surface area contributed by atoms with E-state index in [1.54, 1.807) is 11.8 Å². The normalized spacial score (nSPS) is 11.5. The van der Waals surface area contributed by atoms with Crippen molar-refractivity contribution in [3.05, 3.63) is 66.2 Å². The number of imidazole rings is 1. The summed E-state index contributed by atoms with van der Waals surface area (Å²) in [5.74, 6) is 1.89. The van der Waals surface area contributed by atoms with Gasteiger partial charge < -0.3 is 4.57 Å². The average molecular weight is 363 g/mol. The van der Waals surface area contributed by atoms with E-state index in [2.05, 4.69) is 56.4 Å². The van der Waals surface area contributed by atoms with Crippen LogP contribution in [0, 0.1) is 6.92 Å². The molecule has 0 fully saturated rings. The Bertz CT molecular complexity index is 1030. The molecule has 4 aromatic rings. The van der Waals surface area contributed by atoms with Crippen LogP contribution >= 0.6 is 11.8 Å². The summed E-state index contributed by atoms with van der Waals surface area (Å²) >= 11 is 1.73. The summed E-state index contributed by atoms with van der Waals surface area (Å²) in [6.45, 7) is 7.00. The second-order valence-corrected chi connectivity index (χ2v) is 8.01. The van der Waals surface area contributed by atoms with Gasteiger partial charge in [-0.05, 0) is 31.2 Å². The Morgan fingerprint density at radius 2 is 1.69 bits per heavy atom. The van der Waals surface area contributed by atoms with Crippen LogP contribution < -0.4 is 0 Å². The molecule has 0 saturated carbocycles. The summed E-state index contributed by atoms with van der Waals surface area (Å²) in [7, 11) is 0. The Balaban J connectivity index is 1.81.